The summed E-state index contributed by atoms with van der Waals surface area (Å²) in [7, 11) is 0. The van der Waals surface area contributed by atoms with Gasteiger partial charge in [0.05, 0.1) is 17.2 Å². The summed E-state index contributed by atoms with van der Waals surface area (Å²) in [6.07, 6.45) is 1.70. The van der Waals surface area contributed by atoms with E-state index in [9.17, 15) is 0 Å². The Morgan fingerprint density at radius 3 is 2.54 bits per heavy atom. The summed E-state index contributed by atoms with van der Waals surface area (Å²) >= 11 is 1.63. The molecule has 2 aromatic heterocycles. The van der Waals surface area contributed by atoms with Crippen LogP contribution < -0.4 is 10.1 Å². The van der Waals surface area contributed by atoms with E-state index in [2.05, 4.69) is 32.8 Å². The quantitative estimate of drug-likeness (QED) is 0.481. The Morgan fingerprint density at radius 2 is 1.73 bits per heavy atom. The maximum atomic E-state index is 5.92. The zero-order valence-electron chi connectivity index (χ0n) is 14.6. The van der Waals surface area contributed by atoms with Gasteiger partial charge in [0.1, 0.15) is 22.7 Å². The molecule has 0 aliphatic rings. The second-order valence-electron chi connectivity index (χ2n) is 6.21. The molecule has 2 aromatic carbocycles. The van der Waals surface area contributed by atoms with E-state index in [-0.39, 0.29) is 6.10 Å². The van der Waals surface area contributed by atoms with Crippen LogP contribution in [0.1, 0.15) is 13.8 Å². The van der Waals surface area contributed by atoms with E-state index in [1.807, 2.05) is 56.3 Å². The number of thiophene rings is 1. The van der Waals surface area contributed by atoms with Gasteiger partial charge in [-0.2, -0.15) is 0 Å². The van der Waals surface area contributed by atoms with Crippen LogP contribution in [-0.2, 0) is 0 Å². The first-order chi connectivity index (χ1) is 12.7. The van der Waals surface area contributed by atoms with Gasteiger partial charge in [-0.25, -0.2) is 9.97 Å². The molecule has 4 aromatic rings. The van der Waals surface area contributed by atoms with Crippen molar-refractivity contribution < 1.29 is 4.74 Å². The molecule has 4 nitrogen and oxygen atoms in total. The molecule has 130 valence electrons. The molecule has 0 amide bonds. The standard InChI is InChI=1S/C21H19N3OS/c1-14(2)25-18-11-7-6-10-17(18)24-20-19-16(15-8-4-3-5-9-15)12-26-21(19)23-13-22-20/h3-14H,1-2H3,(H,22,23,24). The number of ether oxygens (including phenoxy) is 1. The van der Waals surface area contributed by atoms with Gasteiger partial charge in [-0.3, -0.25) is 0 Å². The summed E-state index contributed by atoms with van der Waals surface area (Å²) in [6, 6.07) is 18.2. The van der Waals surface area contributed by atoms with Crippen molar-refractivity contribution >= 4 is 33.1 Å². The monoisotopic (exact) mass is 361 g/mol. The maximum absolute atomic E-state index is 5.92. The molecule has 5 heteroatoms. The highest BCUT2D eigenvalue weighted by atomic mass is 32.1. The van der Waals surface area contributed by atoms with Crippen molar-refractivity contribution in [3.63, 3.8) is 0 Å². The van der Waals surface area contributed by atoms with Crippen LogP contribution in [0.25, 0.3) is 21.3 Å². The van der Waals surface area contributed by atoms with E-state index < -0.39 is 0 Å². The van der Waals surface area contributed by atoms with Gasteiger partial charge < -0.3 is 10.1 Å². The van der Waals surface area contributed by atoms with Crippen LogP contribution in [0.5, 0.6) is 5.75 Å². The summed E-state index contributed by atoms with van der Waals surface area (Å²) in [4.78, 5) is 9.91. The smallest absolute Gasteiger partial charge is 0.143 e. The minimum Gasteiger partial charge on any atom is -0.489 e. The maximum Gasteiger partial charge on any atom is 0.143 e. The lowest BCUT2D eigenvalue weighted by Crippen LogP contribution is -2.07. The minimum absolute atomic E-state index is 0.101. The molecule has 0 aliphatic heterocycles. The fourth-order valence-electron chi connectivity index (χ4n) is 2.85. The first-order valence-electron chi connectivity index (χ1n) is 8.52. The SMILES string of the molecule is CC(C)Oc1ccccc1Nc1ncnc2scc(-c3ccccc3)c12. The van der Waals surface area contributed by atoms with Crippen LogP contribution in [0.15, 0.2) is 66.3 Å². The molecule has 0 saturated carbocycles. The number of aromatic nitrogens is 2. The van der Waals surface area contributed by atoms with E-state index in [4.69, 9.17) is 4.74 Å². The number of benzene rings is 2. The Kier molecular flexibility index (Phi) is 4.54. The van der Waals surface area contributed by atoms with Crippen molar-refractivity contribution in [2.75, 3.05) is 5.32 Å². The van der Waals surface area contributed by atoms with Gasteiger partial charge in [0.2, 0.25) is 0 Å². The molecule has 0 spiro atoms. The first kappa shape index (κ1) is 16.5. The zero-order valence-corrected chi connectivity index (χ0v) is 15.5. The van der Waals surface area contributed by atoms with Gasteiger partial charge >= 0.3 is 0 Å². The molecule has 0 atom stereocenters. The number of hydrogen-bond acceptors (Lipinski definition) is 5. The Morgan fingerprint density at radius 1 is 0.962 bits per heavy atom. The Labute approximate surface area is 156 Å². The van der Waals surface area contributed by atoms with Crippen molar-refractivity contribution in [1.29, 1.82) is 0 Å². The van der Waals surface area contributed by atoms with Crippen LogP contribution in [0.3, 0.4) is 0 Å². The van der Waals surface area contributed by atoms with Crippen LogP contribution >= 0.6 is 11.3 Å². The Hall–Kier alpha value is -2.92. The predicted octanol–water partition coefficient (Wildman–Crippen LogP) is 5.89. The van der Waals surface area contributed by atoms with Gasteiger partial charge in [0.25, 0.3) is 0 Å². The van der Waals surface area contributed by atoms with E-state index in [0.717, 1.165) is 38.6 Å². The van der Waals surface area contributed by atoms with Gasteiger partial charge in [-0.15, -0.1) is 11.3 Å². The van der Waals surface area contributed by atoms with Gasteiger partial charge in [-0.05, 0) is 31.5 Å². The van der Waals surface area contributed by atoms with E-state index in [1.54, 1.807) is 17.7 Å². The van der Waals surface area contributed by atoms with E-state index >= 15 is 0 Å². The molecule has 0 fully saturated rings. The van der Waals surface area contributed by atoms with Crippen molar-refractivity contribution in [3.05, 3.63) is 66.3 Å². The molecule has 0 saturated heterocycles. The lowest BCUT2D eigenvalue weighted by molar-refractivity contribution is 0.244. The molecule has 0 radical (unpaired) electrons. The van der Waals surface area contributed by atoms with Crippen LogP contribution in [0.2, 0.25) is 0 Å². The highest BCUT2D eigenvalue weighted by molar-refractivity contribution is 7.17. The van der Waals surface area contributed by atoms with E-state index in [0.29, 0.717) is 0 Å². The van der Waals surface area contributed by atoms with Crippen LogP contribution in [0, 0.1) is 0 Å². The Bertz CT molecular complexity index is 1030. The molecule has 2 heterocycles. The number of hydrogen-bond donors (Lipinski definition) is 1. The van der Waals surface area contributed by atoms with Crippen LogP contribution in [0.4, 0.5) is 11.5 Å². The average Bonchev–Trinajstić information content (AvgIpc) is 3.09. The molecule has 0 bridgehead atoms. The molecular formula is C21H19N3OS. The number of fused-ring (bicyclic) bond motifs is 1. The lowest BCUT2D eigenvalue weighted by Gasteiger charge is -2.15. The molecule has 4 rings (SSSR count). The summed E-state index contributed by atoms with van der Waals surface area (Å²) in [5.74, 6) is 1.60. The number of para-hydroxylation sites is 2. The largest absolute Gasteiger partial charge is 0.489 e. The fraction of sp³-hybridized carbons (Fsp3) is 0.143. The third-order valence-corrected chi connectivity index (χ3v) is 4.84. The number of nitrogens with one attached hydrogen (secondary N) is 1. The Balaban J connectivity index is 1.80. The van der Waals surface area contributed by atoms with Crippen LogP contribution in [-0.4, -0.2) is 16.1 Å². The van der Waals surface area contributed by atoms with Crippen molar-refractivity contribution in [3.8, 4) is 16.9 Å². The topological polar surface area (TPSA) is 47.0 Å². The predicted molar refractivity (Wildman–Crippen MR) is 108 cm³/mol. The molecule has 1 N–H and O–H groups in total. The van der Waals surface area contributed by atoms with Crippen molar-refractivity contribution in [2.45, 2.75) is 20.0 Å². The highest BCUT2D eigenvalue weighted by Gasteiger charge is 2.14. The number of anilines is 2. The van der Waals surface area contributed by atoms with Gasteiger partial charge in [0, 0.05) is 10.9 Å². The second-order valence-corrected chi connectivity index (χ2v) is 7.06. The summed E-state index contributed by atoms with van der Waals surface area (Å²) in [6.45, 7) is 4.04. The minimum atomic E-state index is 0.101. The summed E-state index contributed by atoms with van der Waals surface area (Å²) < 4.78 is 5.92. The third kappa shape index (κ3) is 3.26. The highest BCUT2D eigenvalue weighted by Crippen LogP contribution is 2.38. The number of rotatable bonds is 5. The molecule has 0 unspecified atom stereocenters. The average molecular weight is 361 g/mol. The van der Waals surface area contributed by atoms with Gasteiger partial charge in [0.15, 0.2) is 0 Å². The lowest BCUT2D eigenvalue weighted by atomic mass is 10.1. The summed E-state index contributed by atoms with van der Waals surface area (Å²) in [5, 5.41) is 6.61. The second kappa shape index (κ2) is 7.14. The van der Waals surface area contributed by atoms with Crippen molar-refractivity contribution in [1.82, 2.24) is 9.97 Å². The van der Waals surface area contributed by atoms with E-state index in [1.165, 1.54) is 0 Å². The zero-order chi connectivity index (χ0) is 17.9. The normalized spacial score (nSPS) is 11.0. The molecule has 0 aliphatic carbocycles. The number of nitrogens with zero attached hydrogens (tertiary/aromatic N) is 2. The first-order valence-corrected chi connectivity index (χ1v) is 9.40. The molecule has 26 heavy (non-hydrogen) atoms. The van der Waals surface area contributed by atoms with Gasteiger partial charge in [-0.1, -0.05) is 42.5 Å². The van der Waals surface area contributed by atoms with Crippen molar-refractivity contribution in [2.24, 2.45) is 0 Å². The fourth-order valence-corrected chi connectivity index (χ4v) is 3.77. The third-order valence-electron chi connectivity index (χ3n) is 3.96. The molecular weight excluding hydrogens is 342 g/mol. The summed E-state index contributed by atoms with van der Waals surface area (Å²) in [5.41, 5.74) is 3.19.